The van der Waals surface area contributed by atoms with Crippen LogP contribution in [0.3, 0.4) is 0 Å². The summed E-state index contributed by atoms with van der Waals surface area (Å²) in [6.45, 7) is 2.68. The number of hydrogen-bond donors (Lipinski definition) is 2. The van der Waals surface area contributed by atoms with Gasteiger partial charge < -0.3 is 10.2 Å². The quantitative estimate of drug-likeness (QED) is 0.380. The summed E-state index contributed by atoms with van der Waals surface area (Å²) >= 11 is 0. The van der Waals surface area contributed by atoms with E-state index in [1.54, 1.807) is 28.8 Å². The summed E-state index contributed by atoms with van der Waals surface area (Å²) in [4.78, 5) is 37.3. The maximum absolute atomic E-state index is 13.5. The Morgan fingerprint density at radius 1 is 0.917 bits per heavy atom. The topological polar surface area (TPSA) is 102 Å². The van der Waals surface area contributed by atoms with E-state index in [4.69, 9.17) is 0 Å². The summed E-state index contributed by atoms with van der Waals surface area (Å²) in [6.07, 6.45) is 8.05. The lowest BCUT2D eigenvalue weighted by Gasteiger charge is -2.21. The van der Waals surface area contributed by atoms with Crippen molar-refractivity contribution in [3.05, 3.63) is 81.5 Å². The SMILES string of the molecule is CCCc1c(C(=O)O)n(CCC2CCCCC2)c(=O)n1Cc1ccc(-c2ccccc2C(=O)O)cc1. The molecule has 0 unspecified atom stereocenters. The lowest BCUT2D eigenvalue weighted by Crippen LogP contribution is -2.27. The Kier molecular flexibility index (Phi) is 8.08. The van der Waals surface area contributed by atoms with Gasteiger partial charge in [0, 0.05) is 6.54 Å². The van der Waals surface area contributed by atoms with E-state index in [2.05, 4.69) is 0 Å². The van der Waals surface area contributed by atoms with Crippen LogP contribution in [0.5, 0.6) is 0 Å². The number of carboxylic acids is 2. The Bertz CT molecular complexity index is 1280. The van der Waals surface area contributed by atoms with Crippen LogP contribution >= 0.6 is 0 Å². The molecule has 0 radical (unpaired) electrons. The third-order valence-electron chi connectivity index (χ3n) is 7.27. The molecule has 1 fully saturated rings. The molecular formula is C29H34N2O5. The Morgan fingerprint density at radius 3 is 2.25 bits per heavy atom. The summed E-state index contributed by atoms with van der Waals surface area (Å²) in [5.41, 5.74) is 2.90. The largest absolute Gasteiger partial charge is 0.478 e. The van der Waals surface area contributed by atoms with Gasteiger partial charge in [0.1, 0.15) is 0 Å². The number of imidazole rings is 1. The van der Waals surface area contributed by atoms with Gasteiger partial charge in [0.05, 0.1) is 17.8 Å². The molecule has 1 heterocycles. The number of nitrogens with zero attached hydrogens (tertiary/aromatic N) is 2. The van der Waals surface area contributed by atoms with Crippen LogP contribution < -0.4 is 5.69 Å². The summed E-state index contributed by atoms with van der Waals surface area (Å²) in [7, 11) is 0. The van der Waals surface area contributed by atoms with E-state index in [1.807, 2.05) is 31.2 Å². The number of carbonyl (C=O) groups is 2. The van der Waals surface area contributed by atoms with Crippen molar-refractivity contribution in [1.29, 1.82) is 0 Å². The van der Waals surface area contributed by atoms with Gasteiger partial charge in [0.25, 0.3) is 0 Å². The van der Waals surface area contributed by atoms with Crippen LogP contribution in [0, 0.1) is 5.92 Å². The van der Waals surface area contributed by atoms with Crippen molar-refractivity contribution in [2.45, 2.75) is 71.4 Å². The van der Waals surface area contributed by atoms with Crippen LogP contribution in [0.15, 0.2) is 53.3 Å². The molecule has 7 nitrogen and oxygen atoms in total. The zero-order chi connectivity index (χ0) is 25.7. The van der Waals surface area contributed by atoms with Crippen LogP contribution in [0.25, 0.3) is 11.1 Å². The van der Waals surface area contributed by atoms with Gasteiger partial charge in [0.2, 0.25) is 0 Å². The summed E-state index contributed by atoms with van der Waals surface area (Å²) < 4.78 is 3.08. The molecule has 1 aliphatic rings. The van der Waals surface area contributed by atoms with Gasteiger partial charge in [-0.3, -0.25) is 9.13 Å². The number of rotatable bonds is 10. The molecule has 7 heteroatoms. The van der Waals surface area contributed by atoms with Crippen LogP contribution in [-0.2, 0) is 19.5 Å². The van der Waals surface area contributed by atoms with Crippen molar-refractivity contribution in [2.75, 3.05) is 0 Å². The lowest BCUT2D eigenvalue weighted by molar-refractivity contribution is 0.0676. The van der Waals surface area contributed by atoms with Crippen LogP contribution in [0.1, 0.15) is 84.0 Å². The van der Waals surface area contributed by atoms with E-state index >= 15 is 0 Å². The molecule has 3 aromatic rings. The van der Waals surface area contributed by atoms with Crippen molar-refractivity contribution in [2.24, 2.45) is 5.92 Å². The van der Waals surface area contributed by atoms with Gasteiger partial charge in [-0.15, -0.1) is 0 Å². The average molecular weight is 491 g/mol. The molecule has 1 saturated carbocycles. The highest BCUT2D eigenvalue weighted by Crippen LogP contribution is 2.27. The molecule has 1 aromatic heterocycles. The number of benzene rings is 2. The average Bonchev–Trinajstić information content (AvgIpc) is 3.14. The van der Waals surface area contributed by atoms with Crippen LogP contribution in [0.4, 0.5) is 0 Å². The number of hydrogen-bond acceptors (Lipinski definition) is 3. The van der Waals surface area contributed by atoms with Crippen molar-refractivity contribution < 1.29 is 19.8 Å². The van der Waals surface area contributed by atoms with E-state index in [0.29, 0.717) is 30.1 Å². The van der Waals surface area contributed by atoms with Crippen molar-refractivity contribution in [3.8, 4) is 11.1 Å². The summed E-state index contributed by atoms with van der Waals surface area (Å²) in [5.74, 6) is -1.49. The fraction of sp³-hybridized carbons (Fsp3) is 0.414. The van der Waals surface area contributed by atoms with Crippen molar-refractivity contribution in [1.82, 2.24) is 9.13 Å². The minimum Gasteiger partial charge on any atom is -0.478 e. The predicted molar refractivity (Wildman–Crippen MR) is 139 cm³/mol. The number of aromatic nitrogens is 2. The smallest absolute Gasteiger partial charge is 0.354 e. The molecular weight excluding hydrogens is 456 g/mol. The van der Waals surface area contributed by atoms with Gasteiger partial charge in [-0.1, -0.05) is 87.9 Å². The number of aromatic carboxylic acids is 2. The van der Waals surface area contributed by atoms with Gasteiger partial charge in [0.15, 0.2) is 5.69 Å². The molecule has 2 aromatic carbocycles. The molecule has 0 bridgehead atoms. The minimum atomic E-state index is -1.06. The van der Waals surface area contributed by atoms with E-state index in [1.165, 1.54) is 23.8 Å². The molecule has 0 saturated heterocycles. The second-order valence-corrected chi connectivity index (χ2v) is 9.71. The zero-order valence-corrected chi connectivity index (χ0v) is 20.8. The third-order valence-corrected chi connectivity index (χ3v) is 7.27. The fourth-order valence-corrected chi connectivity index (χ4v) is 5.42. The maximum Gasteiger partial charge on any atom is 0.354 e. The normalized spacial score (nSPS) is 14.1. The Labute approximate surface area is 211 Å². The zero-order valence-electron chi connectivity index (χ0n) is 20.8. The Morgan fingerprint density at radius 2 is 1.61 bits per heavy atom. The molecule has 0 atom stereocenters. The van der Waals surface area contributed by atoms with E-state index in [9.17, 15) is 24.6 Å². The Balaban J connectivity index is 1.64. The van der Waals surface area contributed by atoms with Crippen molar-refractivity contribution in [3.63, 3.8) is 0 Å². The van der Waals surface area contributed by atoms with Crippen molar-refractivity contribution >= 4 is 11.9 Å². The maximum atomic E-state index is 13.5. The third kappa shape index (κ3) is 5.45. The molecule has 0 spiro atoms. The fourth-order valence-electron chi connectivity index (χ4n) is 5.42. The van der Waals surface area contributed by atoms with Gasteiger partial charge in [-0.25, -0.2) is 14.4 Å². The highest BCUT2D eigenvalue weighted by atomic mass is 16.4. The van der Waals surface area contributed by atoms with E-state index < -0.39 is 11.9 Å². The van der Waals surface area contributed by atoms with Gasteiger partial charge >= 0.3 is 17.6 Å². The van der Waals surface area contributed by atoms with E-state index in [0.717, 1.165) is 36.8 Å². The number of carboxylic acid groups (broad SMARTS) is 2. The van der Waals surface area contributed by atoms with Gasteiger partial charge in [-0.2, -0.15) is 0 Å². The summed E-state index contributed by atoms with van der Waals surface area (Å²) in [5, 5.41) is 19.5. The first-order valence-electron chi connectivity index (χ1n) is 12.9. The van der Waals surface area contributed by atoms with Gasteiger partial charge in [-0.05, 0) is 41.5 Å². The molecule has 4 rings (SSSR count). The Hall–Kier alpha value is -3.61. The first kappa shape index (κ1) is 25.5. The highest BCUT2D eigenvalue weighted by molar-refractivity contribution is 5.96. The lowest BCUT2D eigenvalue weighted by atomic mass is 9.87. The predicted octanol–water partition coefficient (Wildman–Crippen LogP) is 5.68. The van der Waals surface area contributed by atoms with Crippen LogP contribution in [0.2, 0.25) is 0 Å². The molecule has 2 N–H and O–H groups in total. The monoisotopic (exact) mass is 490 g/mol. The first-order chi connectivity index (χ1) is 17.4. The van der Waals surface area contributed by atoms with Crippen LogP contribution in [-0.4, -0.2) is 31.3 Å². The minimum absolute atomic E-state index is 0.115. The highest BCUT2D eigenvalue weighted by Gasteiger charge is 2.25. The second kappa shape index (κ2) is 11.4. The molecule has 1 aliphatic carbocycles. The first-order valence-corrected chi connectivity index (χ1v) is 12.9. The molecule has 36 heavy (non-hydrogen) atoms. The molecule has 190 valence electrons. The molecule has 0 aliphatic heterocycles. The second-order valence-electron chi connectivity index (χ2n) is 9.71. The van der Waals surface area contributed by atoms with E-state index in [-0.39, 0.29) is 23.5 Å². The molecule has 0 amide bonds. The summed E-state index contributed by atoms with van der Waals surface area (Å²) in [6, 6.07) is 14.3. The standard InChI is InChI=1S/C29H34N2O5/c1-2-8-25-26(28(34)35)30(18-17-20-9-4-3-5-10-20)29(36)31(25)19-21-13-15-22(16-14-21)23-11-6-7-12-24(23)27(32)33/h6-7,11-16,20H,2-5,8-10,17-19H2,1H3,(H,32,33)(H,34,35).